The molecule has 0 saturated heterocycles. The lowest BCUT2D eigenvalue weighted by atomic mass is 10.0. The number of ether oxygens (including phenoxy) is 2. The van der Waals surface area contributed by atoms with E-state index in [9.17, 15) is 4.79 Å². The highest BCUT2D eigenvalue weighted by Crippen LogP contribution is 2.34. The highest BCUT2D eigenvalue weighted by atomic mass is 35.5. The van der Waals surface area contributed by atoms with Crippen molar-refractivity contribution in [2.24, 2.45) is 7.05 Å². The third kappa shape index (κ3) is 2.79. The van der Waals surface area contributed by atoms with E-state index >= 15 is 0 Å². The molecule has 1 aliphatic rings. The van der Waals surface area contributed by atoms with E-state index in [4.69, 9.17) is 21.1 Å². The molecule has 5 heteroatoms. The molecular weight excluding hydrogens is 338 g/mol. The third-order valence-corrected chi connectivity index (χ3v) is 4.59. The van der Waals surface area contributed by atoms with Crippen LogP contribution in [0.2, 0.25) is 5.02 Å². The molecule has 0 spiro atoms. The van der Waals surface area contributed by atoms with Crippen LogP contribution in [0, 0.1) is 0 Å². The van der Waals surface area contributed by atoms with Crippen molar-refractivity contribution in [3.05, 3.63) is 75.5 Å². The lowest BCUT2D eigenvalue weighted by Crippen LogP contribution is -2.26. The molecule has 4 nitrogen and oxygen atoms in total. The minimum Gasteiger partial charge on any atom is -0.489 e. The highest BCUT2D eigenvalue weighted by molar-refractivity contribution is 6.30. The molecule has 25 heavy (non-hydrogen) atoms. The van der Waals surface area contributed by atoms with Crippen LogP contribution in [-0.2, 0) is 7.05 Å². The molecule has 1 aliphatic heterocycles. The topological polar surface area (TPSA) is 40.5 Å². The number of hydrogen-bond donors (Lipinski definition) is 0. The average Bonchev–Trinajstić information content (AvgIpc) is 2.65. The van der Waals surface area contributed by atoms with Crippen LogP contribution in [0.25, 0.3) is 16.5 Å². The molecule has 2 heterocycles. The maximum absolute atomic E-state index is 12.9. The van der Waals surface area contributed by atoms with E-state index in [1.807, 2.05) is 42.5 Å². The zero-order valence-electron chi connectivity index (χ0n) is 13.7. The van der Waals surface area contributed by atoms with Crippen LogP contribution < -0.4 is 15.0 Å². The van der Waals surface area contributed by atoms with Crippen molar-refractivity contribution in [1.82, 2.24) is 4.57 Å². The summed E-state index contributed by atoms with van der Waals surface area (Å²) in [6, 6.07) is 14.9. The fourth-order valence-electron chi connectivity index (χ4n) is 3.05. The van der Waals surface area contributed by atoms with Crippen molar-refractivity contribution < 1.29 is 9.47 Å². The Kier molecular flexibility index (Phi) is 3.98. The number of hydrogen-bond acceptors (Lipinski definition) is 3. The van der Waals surface area contributed by atoms with Gasteiger partial charge in [-0.2, -0.15) is 0 Å². The van der Waals surface area contributed by atoms with Gasteiger partial charge in [0.15, 0.2) is 0 Å². The maximum Gasteiger partial charge on any atom is 0.262 e. The minimum absolute atomic E-state index is 0.0839. The molecular formula is C20H16ClNO3. The second-order valence-electron chi connectivity index (χ2n) is 5.87. The van der Waals surface area contributed by atoms with Crippen LogP contribution >= 0.6 is 11.6 Å². The zero-order chi connectivity index (χ0) is 17.4. The van der Waals surface area contributed by atoms with Crippen molar-refractivity contribution in [2.45, 2.75) is 0 Å². The first-order valence-corrected chi connectivity index (χ1v) is 8.35. The van der Waals surface area contributed by atoms with E-state index in [0.29, 0.717) is 35.3 Å². The molecule has 126 valence electrons. The molecule has 0 radical (unpaired) electrons. The summed E-state index contributed by atoms with van der Waals surface area (Å²) < 4.78 is 13.3. The van der Waals surface area contributed by atoms with Crippen molar-refractivity contribution in [2.75, 3.05) is 13.2 Å². The Morgan fingerprint density at radius 3 is 2.72 bits per heavy atom. The predicted molar refractivity (Wildman–Crippen MR) is 99.6 cm³/mol. The van der Waals surface area contributed by atoms with Gasteiger partial charge < -0.3 is 14.0 Å². The van der Waals surface area contributed by atoms with Gasteiger partial charge in [-0.05, 0) is 42.5 Å². The number of pyridine rings is 1. The van der Waals surface area contributed by atoms with Gasteiger partial charge in [-0.25, -0.2) is 0 Å². The summed E-state index contributed by atoms with van der Waals surface area (Å²) in [5.41, 5.74) is 2.18. The molecule has 0 N–H and O–H groups in total. The Bertz CT molecular complexity index is 1040. The Labute approximate surface area is 149 Å². The van der Waals surface area contributed by atoms with Gasteiger partial charge in [0.25, 0.3) is 5.56 Å². The number of benzene rings is 2. The van der Waals surface area contributed by atoms with Gasteiger partial charge in [-0.15, -0.1) is 0 Å². The molecule has 2 aromatic carbocycles. The van der Waals surface area contributed by atoms with E-state index in [2.05, 4.69) is 0 Å². The number of rotatable bonds is 3. The second kappa shape index (κ2) is 6.30. The summed E-state index contributed by atoms with van der Waals surface area (Å²) >= 11 is 5.89. The Morgan fingerprint density at radius 1 is 1.16 bits per heavy atom. The van der Waals surface area contributed by atoms with Gasteiger partial charge >= 0.3 is 0 Å². The smallest absolute Gasteiger partial charge is 0.262 e. The molecule has 0 amide bonds. The normalized spacial score (nSPS) is 13.1. The van der Waals surface area contributed by atoms with E-state index in [-0.39, 0.29) is 5.56 Å². The van der Waals surface area contributed by atoms with Gasteiger partial charge in [-0.1, -0.05) is 23.7 Å². The number of para-hydroxylation sites is 1. The molecule has 0 bridgehead atoms. The Hall–Kier alpha value is -2.72. The number of aromatic nitrogens is 1. The third-order valence-electron chi connectivity index (χ3n) is 4.34. The summed E-state index contributed by atoms with van der Waals surface area (Å²) in [6.45, 7) is 0.717. The van der Waals surface area contributed by atoms with E-state index < -0.39 is 0 Å². The minimum atomic E-state index is -0.0839. The number of halogens is 1. The molecule has 1 aromatic heterocycles. The molecule has 0 saturated carbocycles. The monoisotopic (exact) mass is 353 g/mol. The average molecular weight is 354 g/mol. The number of fused-ring (bicyclic) bond motifs is 3. The molecule has 0 atom stereocenters. The molecule has 4 rings (SSSR count). The molecule has 3 aromatic rings. The van der Waals surface area contributed by atoms with Crippen LogP contribution in [0.15, 0.2) is 59.4 Å². The summed E-state index contributed by atoms with van der Waals surface area (Å²) in [4.78, 5) is 12.9. The summed E-state index contributed by atoms with van der Waals surface area (Å²) in [6.07, 6.45) is 1.90. The van der Waals surface area contributed by atoms with Crippen LogP contribution in [0.5, 0.6) is 11.5 Å². The van der Waals surface area contributed by atoms with Crippen LogP contribution in [0.1, 0.15) is 5.56 Å². The van der Waals surface area contributed by atoms with Gasteiger partial charge in [0, 0.05) is 23.0 Å². The fourth-order valence-corrected chi connectivity index (χ4v) is 3.18. The first-order chi connectivity index (χ1) is 12.1. The maximum atomic E-state index is 12.9. The summed E-state index contributed by atoms with van der Waals surface area (Å²) in [5.74, 6) is 1.34. The predicted octanol–water partition coefficient (Wildman–Crippen LogP) is 4.05. The SMILES string of the molecule is Cn1c(=O)c2c(c3ccccc31)OCC=C2COc1ccc(Cl)cc1. The van der Waals surface area contributed by atoms with E-state index in [1.54, 1.807) is 23.7 Å². The van der Waals surface area contributed by atoms with Crippen LogP contribution in [-0.4, -0.2) is 17.8 Å². The Balaban J connectivity index is 1.74. The largest absolute Gasteiger partial charge is 0.489 e. The molecule has 0 aliphatic carbocycles. The van der Waals surface area contributed by atoms with Crippen LogP contribution in [0.4, 0.5) is 0 Å². The van der Waals surface area contributed by atoms with Gasteiger partial charge in [0.2, 0.25) is 0 Å². The molecule has 0 fully saturated rings. The number of aryl methyl sites for hydroxylation is 1. The number of nitrogens with zero attached hydrogens (tertiary/aromatic N) is 1. The quantitative estimate of drug-likeness (QED) is 0.713. The first kappa shape index (κ1) is 15.8. The van der Waals surface area contributed by atoms with Crippen molar-refractivity contribution in [3.63, 3.8) is 0 Å². The van der Waals surface area contributed by atoms with Crippen molar-refractivity contribution >= 4 is 28.1 Å². The second-order valence-corrected chi connectivity index (χ2v) is 6.30. The highest BCUT2D eigenvalue weighted by Gasteiger charge is 2.22. The van der Waals surface area contributed by atoms with Gasteiger partial charge in [0.05, 0.1) is 11.1 Å². The van der Waals surface area contributed by atoms with Crippen molar-refractivity contribution in [1.29, 1.82) is 0 Å². The lowest BCUT2D eigenvalue weighted by molar-refractivity contribution is 0.344. The standard InChI is InChI=1S/C20H16ClNO3/c1-22-17-5-3-2-4-16(17)19-18(20(22)23)13(10-11-24-19)12-25-15-8-6-14(21)7-9-15/h2-10H,11-12H2,1H3. The molecule has 0 unspecified atom stereocenters. The summed E-state index contributed by atoms with van der Waals surface area (Å²) in [5, 5.41) is 1.58. The first-order valence-electron chi connectivity index (χ1n) is 7.97. The van der Waals surface area contributed by atoms with E-state index in [0.717, 1.165) is 16.5 Å². The lowest BCUT2D eigenvalue weighted by Gasteiger charge is -2.21. The van der Waals surface area contributed by atoms with Gasteiger partial charge in [0.1, 0.15) is 24.7 Å². The fraction of sp³-hybridized carbons (Fsp3) is 0.150. The van der Waals surface area contributed by atoms with Crippen molar-refractivity contribution in [3.8, 4) is 11.5 Å². The zero-order valence-corrected chi connectivity index (χ0v) is 14.4. The van der Waals surface area contributed by atoms with Gasteiger partial charge in [-0.3, -0.25) is 4.79 Å². The Morgan fingerprint density at radius 2 is 1.92 bits per heavy atom. The van der Waals surface area contributed by atoms with E-state index in [1.165, 1.54) is 0 Å². The summed E-state index contributed by atoms with van der Waals surface area (Å²) in [7, 11) is 1.78. The van der Waals surface area contributed by atoms with Crippen LogP contribution in [0.3, 0.4) is 0 Å².